The second kappa shape index (κ2) is 8.41. The molecule has 2 atom stereocenters. The van der Waals surface area contributed by atoms with Crippen LogP contribution in [0, 0.1) is 11.7 Å². The number of nitrogens with two attached hydrogens (primary N) is 1. The average molecular weight is 449 g/mol. The largest absolute Gasteiger partial charge is 0.444 e. The lowest BCUT2D eigenvalue weighted by Gasteiger charge is -2.42. The molecule has 0 aliphatic carbocycles. The molecule has 8 heteroatoms. The quantitative estimate of drug-likeness (QED) is 0.730. The Morgan fingerprint density at radius 1 is 1.13 bits per heavy atom. The number of hydrogen-bond acceptors (Lipinski definition) is 6. The van der Waals surface area contributed by atoms with Crippen molar-refractivity contribution >= 4 is 9.84 Å². The SMILES string of the molecule is CC(CCN)N1CCC(C2(c3ccc(S(C)(=O)=O)cc3)Oc3ccc(F)cc3O2)CC1. The molecule has 1 fully saturated rings. The monoisotopic (exact) mass is 448 g/mol. The molecule has 2 aromatic rings. The summed E-state index contributed by atoms with van der Waals surface area (Å²) in [6, 6.07) is 11.3. The minimum absolute atomic E-state index is 0.0216. The number of halogens is 1. The molecular weight excluding hydrogens is 419 g/mol. The smallest absolute Gasteiger partial charge is 0.281 e. The molecule has 31 heavy (non-hydrogen) atoms. The van der Waals surface area contributed by atoms with Gasteiger partial charge in [-0.15, -0.1) is 0 Å². The first-order valence-corrected chi connectivity index (χ1v) is 12.5. The van der Waals surface area contributed by atoms with Crippen molar-refractivity contribution in [2.75, 3.05) is 25.9 Å². The van der Waals surface area contributed by atoms with Gasteiger partial charge in [-0.25, -0.2) is 12.8 Å². The van der Waals surface area contributed by atoms with Crippen LogP contribution in [0.4, 0.5) is 4.39 Å². The molecule has 0 amide bonds. The average Bonchev–Trinajstić information content (AvgIpc) is 3.13. The second-order valence-corrected chi connectivity index (χ2v) is 10.5. The number of benzene rings is 2. The van der Waals surface area contributed by atoms with Crippen molar-refractivity contribution in [1.29, 1.82) is 0 Å². The van der Waals surface area contributed by atoms with Gasteiger partial charge in [0.25, 0.3) is 5.79 Å². The third kappa shape index (κ3) is 4.29. The normalized spacial score (nSPS) is 23.1. The molecule has 0 spiro atoms. The van der Waals surface area contributed by atoms with Crippen molar-refractivity contribution < 1.29 is 22.3 Å². The number of fused-ring (bicyclic) bond motifs is 1. The second-order valence-electron chi connectivity index (χ2n) is 8.50. The third-order valence-electron chi connectivity index (χ3n) is 6.39. The van der Waals surface area contributed by atoms with E-state index in [2.05, 4.69) is 11.8 Å². The standard InChI is InChI=1S/C23H29FN2O4S/c1-16(9-12-25)26-13-10-18(11-14-26)23(17-3-6-20(7-4-17)31(2,27)28)29-21-8-5-19(24)15-22(21)30-23/h3-8,15-16,18H,9-14,25H2,1-2H3. The number of likely N-dealkylation sites (tertiary alicyclic amines) is 1. The number of piperidine rings is 1. The van der Waals surface area contributed by atoms with Crippen LogP contribution >= 0.6 is 0 Å². The van der Waals surface area contributed by atoms with Gasteiger partial charge in [0, 0.05) is 29.8 Å². The molecule has 0 saturated carbocycles. The highest BCUT2D eigenvalue weighted by molar-refractivity contribution is 7.90. The van der Waals surface area contributed by atoms with Gasteiger partial charge < -0.3 is 20.1 Å². The van der Waals surface area contributed by atoms with Crippen molar-refractivity contribution in [3.05, 3.63) is 53.8 Å². The Kier molecular flexibility index (Phi) is 5.98. The van der Waals surface area contributed by atoms with Crippen LogP contribution < -0.4 is 15.2 Å². The summed E-state index contributed by atoms with van der Waals surface area (Å²) in [5, 5.41) is 0. The van der Waals surface area contributed by atoms with E-state index in [1.165, 1.54) is 18.4 Å². The number of sulfone groups is 1. The van der Waals surface area contributed by atoms with Crippen molar-refractivity contribution in [2.45, 2.75) is 42.9 Å². The van der Waals surface area contributed by atoms with Crippen LogP contribution in [0.2, 0.25) is 0 Å². The molecule has 0 aromatic heterocycles. The summed E-state index contributed by atoms with van der Waals surface area (Å²) in [5.74, 6) is -0.627. The number of ether oxygens (including phenoxy) is 2. The summed E-state index contributed by atoms with van der Waals surface area (Å²) in [5.41, 5.74) is 6.45. The van der Waals surface area contributed by atoms with E-state index < -0.39 is 21.4 Å². The molecule has 4 rings (SSSR count). The van der Waals surface area contributed by atoms with Crippen molar-refractivity contribution in [3.8, 4) is 11.5 Å². The maximum absolute atomic E-state index is 13.8. The summed E-state index contributed by atoms with van der Waals surface area (Å²) in [6.45, 7) is 4.61. The van der Waals surface area contributed by atoms with E-state index in [1.807, 2.05) is 0 Å². The van der Waals surface area contributed by atoms with E-state index in [-0.39, 0.29) is 10.8 Å². The van der Waals surface area contributed by atoms with Crippen molar-refractivity contribution in [1.82, 2.24) is 4.90 Å². The molecule has 2 aliphatic heterocycles. The first-order chi connectivity index (χ1) is 14.7. The summed E-state index contributed by atoms with van der Waals surface area (Å²) in [4.78, 5) is 2.66. The summed E-state index contributed by atoms with van der Waals surface area (Å²) < 4.78 is 50.3. The number of nitrogens with zero attached hydrogens (tertiary/aromatic N) is 1. The Labute approximate surface area is 183 Å². The Morgan fingerprint density at radius 2 is 1.77 bits per heavy atom. The highest BCUT2D eigenvalue weighted by atomic mass is 32.2. The fourth-order valence-corrected chi connectivity index (χ4v) is 5.22. The Morgan fingerprint density at radius 3 is 2.39 bits per heavy atom. The highest BCUT2D eigenvalue weighted by Gasteiger charge is 2.51. The molecule has 2 aromatic carbocycles. The van der Waals surface area contributed by atoms with E-state index in [9.17, 15) is 12.8 Å². The lowest BCUT2D eigenvalue weighted by atomic mass is 9.83. The van der Waals surface area contributed by atoms with Gasteiger partial charge in [-0.2, -0.15) is 0 Å². The predicted molar refractivity (Wildman–Crippen MR) is 116 cm³/mol. The Hall–Kier alpha value is -2.16. The van der Waals surface area contributed by atoms with Crippen LogP contribution in [0.1, 0.15) is 31.7 Å². The predicted octanol–water partition coefficient (Wildman–Crippen LogP) is 3.30. The number of hydrogen-bond donors (Lipinski definition) is 1. The molecule has 0 bridgehead atoms. The van der Waals surface area contributed by atoms with Crippen LogP contribution in [0.5, 0.6) is 11.5 Å². The lowest BCUT2D eigenvalue weighted by Crippen LogP contribution is -2.50. The zero-order valence-corrected chi connectivity index (χ0v) is 18.7. The zero-order chi connectivity index (χ0) is 22.2. The molecular formula is C23H29FN2O4S. The topological polar surface area (TPSA) is 81.9 Å². The van der Waals surface area contributed by atoms with Crippen LogP contribution in [0.25, 0.3) is 0 Å². The summed E-state index contributed by atoms with van der Waals surface area (Å²) in [6.07, 6.45) is 3.79. The van der Waals surface area contributed by atoms with Crippen molar-refractivity contribution in [2.24, 2.45) is 11.7 Å². The highest BCUT2D eigenvalue weighted by Crippen LogP contribution is 2.50. The molecule has 2 aliphatic rings. The molecule has 6 nitrogen and oxygen atoms in total. The van der Waals surface area contributed by atoms with Gasteiger partial charge in [0.15, 0.2) is 21.3 Å². The zero-order valence-electron chi connectivity index (χ0n) is 17.9. The van der Waals surface area contributed by atoms with E-state index in [0.717, 1.165) is 37.9 Å². The van der Waals surface area contributed by atoms with Crippen LogP contribution in [0.3, 0.4) is 0 Å². The maximum Gasteiger partial charge on any atom is 0.281 e. The van der Waals surface area contributed by atoms with Gasteiger partial charge in [0.2, 0.25) is 0 Å². The summed E-state index contributed by atoms with van der Waals surface area (Å²) >= 11 is 0. The molecule has 2 heterocycles. The molecule has 2 unspecified atom stereocenters. The Balaban J connectivity index is 1.65. The summed E-state index contributed by atoms with van der Waals surface area (Å²) in [7, 11) is -3.32. The molecule has 168 valence electrons. The van der Waals surface area contributed by atoms with Crippen molar-refractivity contribution in [3.63, 3.8) is 0 Å². The number of rotatable bonds is 6. The van der Waals surface area contributed by atoms with Crippen LogP contribution in [0.15, 0.2) is 47.4 Å². The van der Waals surface area contributed by atoms with Gasteiger partial charge in [-0.1, -0.05) is 0 Å². The van der Waals surface area contributed by atoms with Crippen LogP contribution in [-0.2, 0) is 15.6 Å². The fourth-order valence-electron chi connectivity index (χ4n) is 4.59. The van der Waals surface area contributed by atoms with E-state index in [1.54, 1.807) is 30.3 Å². The van der Waals surface area contributed by atoms with Gasteiger partial charge >= 0.3 is 0 Å². The van der Waals surface area contributed by atoms with Gasteiger partial charge in [0.05, 0.1) is 4.90 Å². The van der Waals surface area contributed by atoms with E-state index in [4.69, 9.17) is 15.2 Å². The third-order valence-corrected chi connectivity index (χ3v) is 7.52. The maximum atomic E-state index is 13.8. The Bertz CT molecular complexity index is 1040. The van der Waals surface area contributed by atoms with Gasteiger partial charge in [0.1, 0.15) is 5.82 Å². The minimum atomic E-state index is -3.32. The lowest BCUT2D eigenvalue weighted by molar-refractivity contribution is -0.149. The van der Waals surface area contributed by atoms with E-state index >= 15 is 0 Å². The first-order valence-electron chi connectivity index (χ1n) is 10.7. The van der Waals surface area contributed by atoms with Crippen LogP contribution in [-0.4, -0.2) is 45.2 Å². The fraction of sp³-hybridized carbons (Fsp3) is 0.478. The van der Waals surface area contributed by atoms with Gasteiger partial charge in [-0.3, -0.25) is 0 Å². The molecule has 1 saturated heterocycles. The van der Waals surface area contributed by atoms with E-state index in [0.29, 0.717) is 24.1 Å². The molecule has 0 radical (unpaired) electrons. The first kappa shape index (κ1) is 22.0. The van der Waals surface area contributed by atoms with Gasteiger partial charge in [-0.05, 0) is 82.2 Å². The minimum Gasteiger partial charge on any atom is -0.444 e. The molecule has 2 N–H and O–H groups in total.